The summed E-state index contributed by atoms with van der Waals surface area (Å²) in [7, 11) is 0.556. The van der Waals surface area contributed by atoms with Gasteiger partial charge < -0.3 is 29.1 Å². The molecule has 1 spiro atoms. The summed E-state index contributed by atoms with van der Waals surface area (Å²) in [6, 6.07) is 34.1. The number of hydrogen-bond acceptors (Lipinski definition) is 7. The van der Waals surface area contributed by atoms with Crippen LogP contribution in [0, 0.1) is 5.92 Å². The van der Waals surface area contributed by atoms with E-state index in [2.05, 4.69) is 32.2 Å². The van der Waals surface area contributed by atoms with Crippen LogP contribution < -0.4 is 25.1 Å². The van der Waals surface area contributed by atoms with Gasteiger partial charge in [-0.3, -0.25) is 19.0 Å². The first-order chi connectivity index (χ1) is 27.4. The molecule has 10 nitrogen and oxygen atoms in total. The quantitative estimate of drug-likeness (QED) is 0.132. The van der Waals surface area contributed by atoms with Crippen molar-refractivity contribution in [3.05, 3.63) is 147 Å². The Kier molecular flexibility index (Phi) is 11.5. The maximum absolute atomic E-state index is 15.3. The number of anilines is 1. The molecule has 4 aromatic carbocycles. The summed E-state index contributed by atoms with van der Waals surface area (Å²) in [5, 5.41) is 11.7. The number of pyridine rings is 1. The van der Waals surface area contributed by atoms with E-state index in [4.69, 9.17) is 25.8 Å². The number of benzene rings is 4. The third kappa shape index (κ3) is 7.41. The van der Waals surface area contributed by atoms with Crippen LogP contribution in [0.5, 0.6) is 11.5 Å². The van der Waals surface area contributed by atoms with Gasteiger partial charge in [-0.05, 0) is 71.3 Å². The molecule has 12 heteroatoms. The van der Waals surface area contributed by atoms with Gasteiger partial charge in [0.15, 0.2) is 11.4 Å². The Morgan fingerprint density at radius 2 is 1.63 bits per heavy atom. The highest BCUT2D eigenvalue weighted by molar-refractivity contribution is 6.91. The van der Waals surface area contributed by atoms with Crippen LogP contribution in [-0.2, 0) is 33.0 Å². The molecule has 0 saturated carbocycles. The van der Waals surface area contributed by atoms with E-state index < -0.39 is 19.8 Å². The number of aromatic nitrogens is 1. The van der Waals surface area contributed by atoms with Crippen molar-refractivity contribution in [1.29, 1.82) is 0 Å². The largest absolute Gasteiger partial charge is 0.497 e. The van der Waals surface area contributed by atoms with Crippen LogP contribution in [0.2, 0.25) is 23.7 Å². The summed E-state index contributed by atoms with van der Waals surface area (Å²) in [5.74, 6) is 0.268. The Balaban J connectivity index is 1.26. The molecule has 0 bridgehead atoms. The fraction of sp³-hybridized carbons (Fsp3) is 0.311. The molecular formula is C45H48ClN3O7Si. The fourth-order valence-corrected chi connectivity index (χ4v) is 13.1. The standard InChI is InChI=1S/C45H48ClN3O7Si/c1-30-42(57(4,5)36-20-18-35(54-2)19-21-36)40(27-41(51)47(24-25-50)28-31-10-7-6-8-11-31)56-45(30)37-26-33(46)15-22-38(37)49(44(45)53)29-32-13-16-34(17-14-32)48-23-9-12-39(55-3)43(48)52/h6-23,26,30,40,42,50H,24-25,27-29H2,1-5H3/t30-,40+,42-,45+/m1/s1. The molecule has 1 aromatic heterocycles. The van der Waals surface area contributed by atoms with Crippen molar-refractivity contribution < 1.29 is 28.9 Å². The van der Waals surface area contributed by atoms with E-state index in [0.29, 0.717) is 28.5 Å². The maximum Gasteiger partial charge on any atom is 0.297 e. The Labute approximate surface area is 339 Å². The molecule has 57 heavy (non-hydrogen) atoms. The zero-order valence-corrected chi connectivity index (χ0v) is 34.6. The van der Waals surface area contributed by atoms with Gasteiger partial charge in [-0.15, -0.1) is 0 Å². The minimum absolute atomic E-state index is 0.0322. The van der Waals surface area contributed by atoms with Gasteiger partial charge in [0.1, 0.15) is 5.75 Å². The van der Waals surface area contributed by atoms with E-state index in [1.807, 2.05) is 78.9 Å². The molecule has 0 aliphatic carbocycles. The smallest absolute Gasteiger partial charge is 0.297 e. The number of methoxy groups -OCH3 is 2. The van der Waals surface area contributed by atoms with Crippen LogP contribution in [0.4, 0.5) is 5.69 Å². The Morgan fingerprint density at radius 3 is 2.30 bits per heavy atom. The zero-order valence-electron chi connectivity index (χ0n) is 32.9. The van der Waals surface area contributed by atoms with Gasteiger partial charge >= 0.3 is 0 Å². The minimum Gasteiger partial charge on any atom is -0.497 e. The van der Waals surface area contributed by atoms with Crippen molar-refractivity contribution >= 4 is 42.4 Å². The highest BCUT2D eigenvalue weighted by atomic mass is 35.5. The van der Waals surface area contributed by atoms with Gasteiger partial charge in [-0.25, -0.2) is 0 Å². The minimum atomic E-state index is -2.55. The molecule has 2 aliphatic rings. The lowest BCUT2D eigenvalue weighted by Crippen LogP contribution is -2.52. The second kappa shape index (κ2) is 16.3. The van der Waals surface area contributed by atoms with Gasteiger partial charge in [0.05, 0.1) is 53.7 Å². The van der Waals surface area contributed by atoms with E-state index in [-0.39, 0.29) is 60.7 Å². The van der Waals surface area contributed by atoms with Crippen LogP contribution in [0.1, 0.15) is 30.0 Å². The molecule has 296 valence electrons. The van der Waals surface area contributed by atoms with E-state index >= 15 is 4.79 Å². The van der Waals surface area contributed by atoms with Crippen molar-refractivity contribution in [3.8, 4) is 17.2 Å². The first-order valence-electron chi connectivity index (χ1n) is 19.1. The normalized spacial score (nSPS) is 20.2. The van der Waals surface area contributed by atoms with Crippen molar-refractivity contribution in [2.24, 2.45) is 5.92 Å². The highest BCUT2D eigenvalue weighted by Crippen LogP contribution is 2.60. The van der Waals surface area contributed by atoms with E-state index in [1.54, 1.807) is 41.3 Å². The summed E-state index contributed by atoms with van der Waals surface area (Å²) >= 11 is 6.71. The summed E-state index contributed by atoms with van der Waals surface area (Å²) in [6.07, 6.45) is 1.10. The number of carbonyl (C=O) groups excluding carboxylic acids is 2. The van der Waals surface area contributed by atoms with Gasteiger partial charge in [0.2, 0.25) is 5.91 Å². The number of carbonyl (C=O) groups is 2. The number of halogens is 1. The lowest BCUT2D eigenvalue weighted by molar-refractivity contribution is -0.150. The molecule has 7 rings (SSSR count). The number of rotatable bonds is 13. The topological polar surface area (TPSA) is 111 Å². The first-order valence-corrected chi connectivity index (χ1v) is 22.6. The number of fused-ring (bicyclic) bond motifs is 2. The van der Waals surface area contributed by atoms with Crippen molar-refractivity contribution in [2.45, 2.75) is 56.8 Å². The van der Waals surface area contributed by atoms with Crippen molar-refractivity contribution in [1.82, 2.24) is 9.47 Å². The van der Waals surface area contributed by atoms with Crippen LogP contribution in [-0.4, -0.2) is 67.9 Å². The van der Waals surface area contributed by atoms with E-state index in [9.17, 15) is 14.7 Å². The predicted molar refractivity (Wildman–Crippen MR) is 224 cm³/mol. The monoisotopic (exact) mass is 805 g/mol. The number of aliphatic hydroxyl groups excluding tert-OH is 1. The van der Waals surface area contributed by atoms with Crippen LogP contribution >= 0.6 is 11.6 Å². The van der Waals surface area contributed by atoms with Gasteiger partial charge in [-0.2, -0.15) is 0 Å². The predicted octanol–water partition coefficient (Wildman–Crippen LogP) is 6.68. The lowest BCUT2D eigenvalue weighted by Gasteiger charge is -2.37. The number of hydrogen-bond donors (Lipinski definition) is 1. The summed E-state index contributed by atoms with van der Waals surface area (Å²) in [4.78, 5) is 46.0. The third-order valence-corrected chi connectivity index (χ3v) is 16.4. The molecular weight excluding hydrogens is 758 g/mol. The zero-order chi connectivity index (χ0) is 40.5. The molecule has 0 radical (unpaired) electrons. The fourth-order valence-electron chi connectivity index (χ4n) is 8.94. The van der Waals surface area contributed by atoms with Crippen molar-refractivity contribution in [3.63, 3.8) is 0 Å². The van der Waals surface area contributed by atoms with Crippen LogP contribution in [0.15, 0.2) is 120 Å². The Bertz CT molecular complexity index is 2300. The lowest BCUT2D eigenvalue weighted by atomic mass is 9.82. The number of ether oxygens (including phenoxy) is 3. The van der Waals surface area contributed by atoms with Gasteiger partial charge in [-0.1, -0.05) is 91.4 Å². The van der Waals surface area contributed by atoms with E-state index in [1.165, 1.54) is 11.7 Å². The Morgan fingerprint density at radius 1 is 0.912 bits per heavy atom. The molecule has 2 aliphatic heterocycles. The second-order valence-electron chi connectivity index (χ2n) is 15.4. The summed E-state index contributed by atoms with van der Waals surface area (Å²) < 4.78 is 19.4. The molecule has 4 atom stereocenters. The summed E-state index contributed by atoms with van der Waals surface area (Å²) in [6.45, 7) is 7.20. The van der Waals surface area contributed by atoms with Crippen LogP contribution in [0.25, 0.3) is 5.69 Å². The molecule has 1 saturated heterocycles. The number of amides is 2. The molecule has 2 amide bonds. The SMILES string of the molecule is COc1ccc([Si](C)(C)[C@H]2[C@H](CC(=O)N(CCO)Cc3ccccc3)O[C@@]3(C(=O)N(Cc4ccc(-n5cccc(OC)c5=O)cc4)c4ccc(Cl)cc43)[C@@H]2C)cc1. The van der Waals surface area contributed by atoms with Crippen molar-refractivity contribution in [2.75, 3.05) is 32.3 Å². The maximum atomic E-state index is 15.3. The first kappa shape index (κ1) is 40.0. The number of nitrogens with zero attached hydrogens (tertiary/aromatic N) is 3. The Hall–Kier alpha value is -5.20. The van der Waals surface area contributed by atoms with Gasteiger partial charge in [0.25, 0.3) is 11.5 Å². The highest BCUT2D eigenvalue weighted by Gasteiger charge is 2.66. The molecule has 0 unspecified atom stereocenters. The molecule has 1 fully saturated rings. The van der Waals surface area contributed by atoms with Gasteiger partial charge in [0, 0.05) is 41.5 Å². The second-order valence-corrected chi connectivity index (χ2v) is 20.5. The number of aliphatic hydroxyl groups is 1. The van der Waals surface area contributed by atoms with Crippen LogP contribution in [0.3, 0.4) is 0 Å². The van der Waals surface area contributed by atoms with E-state index in [0.717, 1.165) is 22.1 Å². The average Bonchev–Trinajstić information content (AvgIpc) is 3.64. The average molecular weight is 806 g/mol. The third-order valence-electron chi connectivity index (χ3n) is 11.8. The molecule has 1 N–H and O–H groups in total. The molecule has 5 aromatic rings. The molecule has 3 heterocycles. The summed E-state index contributed by atoms with van der Waals surface area (Å²) in [5.41, 5.74) is 1.98.